The van der Waals surface area contributed by atoms with Crippen molar-refractivity contribution in [2.24, 2.45) is 5.92 Å². The van der Waals surface area contributed by atoms with E-state index in [4.69, 9.17) is 37.0 Å². The highest BCUT2D eigenvalue weighted by atomic mass is 31.2. The minimum atomic E-state index is -4.96. The Labute approximate surface area is 600 Å². The number of phosphoric ester groups is 2. The molecule has 0 aliphatic rings. The van der Waals surface area contributed by atoms with Crippen molar-refractivity contribution in [1.29, 1.82) is 0 Å². The molecule has 98 heavy (non-hydrogen) atoms. The first-order chi connectivity index (χ1) is 47.5. The fourth-order valence-corrected chi connectivity index (χ4v) is 13.8. The lowest BCUT2D eigenvalue weighted by molar-refractivity contribution is -0.161. The molecule has 19 heteroatoms. The molecule has 0 aliphatic heterocycles. The van der Waals surface area contributed by atoms with Crippen molar-refractivity contribution in [3.63, 3.8) is 0 Å². The van der Waals surface area contributed by atoms with Gasteiger partial charge in [-0.25, -0.2) is 9.13 Å². The fourth-order valence-electron chi connectivity index (χ4n) is 12.2. The van der Waals surface area contributed by atoms with Gasteiger partial charge in [0.25, 0.3) is 0 Å². The summed E-state index contributed by atoms with van der Waals surface area (Å²) in [7, 11) is -9.91. The number of ether oxygens (including phenoxy) is 4. The van der Waals surface area contributed by atoms with Gasteiger partial charge in [-0.05, 0) is 31.6 Å². The standard InChI is InChI=1S/C79H154O17P2/c1-6-9-12-15-18-20-22-24-26-31-35-39-43-48-53-58-63-77(82)90-69-75(96-79(84)65-60-55-50-45-41-37-33-29-28-30-34-38-42-47-51-56-61-72(4)5)71-94-98(87,88)92-67-73(80)66-91-97(85,86)93-70-74(68-89-76(81)62-57-52-46-17-14-11-8-3)95-78(83)64-59-54-49-44-40-36-32-27-25-23-21-19-16-13-10-7-2/h72-75,80H,6-71H2,1-5H3,(H,85,86)(H,87,88)/t73-,74+,75+/m0/s1. The zero-order valence-corrected chi connectivity index (χ0v) is 65.7. The van der Waals surface area contributed by atoms with Gasteiger partial charge in [0, 0.05) is 25.7 Å². The van der Waals surface area contributed by atoms with Gasteiger partial charge in [-0.1, -0.05) is 369 Å². The molecule has 0 fully saturated rings. The topological polar surface area (TPSA) is 237 Å². The van der Waals surface area contributed by atoms with E-state index in [9.17, 15) is 43.2 Å². The first-order valence-corrected chi connectivity index (χ1v) is 44.1. The molecule has 2 unspecified atom stereocenters. The SMILES string of the molecule is CCCCCCCCCCCCCCCCCCC(=O)OC[C@H](COP(=O)(O)OC[C@@H](O)COP(=O)(O)OC[C@@H](COC(=O)CCCCCCCCC)OC(=O)CCCCCCCCCCCCCCCCCC)OC(=O)CCCCCCCCCCCCCCCCCCC(C)C. The number of phosphoric acid groups is 2. The molecule has 0 heterocycles. The molecule has 0 amide bonds. The number of unbranched alkanes of at least 4 members (excludes halogenated alkanes) is 51. The number of aliphatic hydroxyl groups is 1. The van der Waals surface area contributed by atoms with E-state index in [1.807, 2.05) is 0 Å². The maximum atomic E-state index is 13.1. The van der Waals surface area contributed by atoms with Crippen LogP contribution in [0.15, 0.2) is 0 Å². The third-order valence-electron chi connectivity index (χ3n) is 18.5. The van der Waals surface area contributed by atoms with Crippen LogP contribution in [-0.2, 0) is 65.4 Å². The van der Waals surface area contributed by atoms with Crippen molar-refractivity contribution in [1.82, 2.24) is 0 Å². The van der Waals surface area contributed by atoms with Gasteiger partial charge in [0.05, 0.1) is 26.4 Å². The highest BCUT2D eigenvalue weighted by molar-refractivity contribution is 7.47. The van der Waals surface area contributed by atoms with Gasteiger partial charge >= 0.3 is 39.5 Å². The summed E-state index contributed by atoms with van der Waals surface area (Å²) in [6, 6.07) is 0. The van der Waals surface area contributed by atoms with Crippen LogP contribution in [0, 0.1) is 5.92 Å². The van der Waals surface area contributed by atoms with Crippen molar-refractivity contribution >= 4 is 39.5 Å². The summed E-state index contributed by atoms with van der Waals surface area (Å²) in [5, 5.41) is 10.6. The van der Waals surface area contributed by atoms with E-state index >= 15 is 0 Å². The first kappa shape index (κ1) is 96.1. The number of aliphatic hydroxyl groups excluding tert-OH is 1. The van der Waals surface area contributed by atoms with Gasteiger partial charge in [-0.2, -0.15) is 0 Å². The number of rotatable bonds is 79. The molecule has 0 saturated heterocycles. The van der Waals surface area contributed by atoms with E-state index < -0.39 is 97.5 Å². The van der Waals surface area contributed by atoms with E-state index in [-0.39, 0.29) is 25.7 Å². The molecule has 0 saturated carbocycles. The number of hydrogen-bond donors (Lipinski definition) is 3. The smallest absolute Gasteiger partial charge is 0.462 e. The second-order valence-electron chi connectivity index (χ2n) is 28.9. The van der Waals surface area contributed by atoms with Gasteiger partial charge in [0.2, 0.25) is 0 Å². The summed E-state index contributed by atoms with van der Waals surface area (Å²) in [5.41, 5.74) is 0. The maximum Gasteiger partial charge on any atom is 0.472 e. The minimum absolute atomic E-state index is 0.108. The second kappa shape index (κ2) is 72.0. The summed E-state index contributed by atoms with van der Waals surface area (Å²) in [6.45, 7) is 7.31. The summed E-state index contributed by atoms with van der Waals surface area (Å²) >= 11 is 0. The van der Waals surface area contributed by atoms with Gasteiger partial charge in [0.15, 0.2) is 12.2 Å². The summed E-state index contributed by atoms with van der Waals surface area (Å²) < 4.78 is 68.6. The molecule has 0 spiro atoms. The Bertz CT molecular complexity index is 1870. The second-order valence-corrected chi connectivity index (χ2v) is 31.8. The molecule has 582 valence electrons. The van der Waals surface area contributed by atoms with Crippen molar-refractivity contribution in [2.45, 2.75) is 438 Å². The van der Waals surface area contributed by atoms with Gasteiger partial charge in [-0.15, -0.1) is 0 Å². The Morgan fingerprint density at radius 2 is 0.469 bits per heavy atom. The lowest BCUT2D eigenvalue weighted by atomic mass is 10.0. The van der Waals surface area contributed by atoms with E-state index in [0.29, 0.717) is 25.7 Å². The van der Waals surface area contributed by atoms with Crippen LogP contribution < -0.4 is 0 Å². The third kappa shape index (κ3) is 72.4. The lowest BCUT2D eigenvalue weighted by Crippen LogP contribution is -2.30. The molecular weight excluding hydrogens is 1280 g/mol. The number of esters is 4. The van der Waals surface area contributed by atoms with E-state index in [1.54, 1.807) is 0 Å². The van der Waals surface area contributed by atoms with Gasteiger partial charge < -0.3 is 33.8 Å². The molecular formula is C79H154O17P2. The molecule has 0 aromatic heterocycles. The number of carbonyl (C=O) groups excluding carboxylic acids is 4. The zero-order valence-electron chi connectivity index (χ0n) is 63.9. The first-order valence-electron chi connectivity index (χ1n) is 41.1. The normalized spacial score (nSPS) is 13.9. The van der Waals surface area contributed by atoms with Crippen molar-refractivity contribution in [3.05, 3.63) is 0 Å². The molecule has 17 nitrogen and oxygen atoms in total. The van der Waals surface area contributed by atoms with Crippen molar-refractivity contribution < 1.29 is 80.2 Å². The molecule has 5 atom stereocenters. The monoisotopic (exact) mass is 1440 g/mol. The van der Waals surface area contributed by atoms with E-state index in [0.717, 1.165) is 109 Å². The van der Waals surface area contributed by atoms with Crippen LogP contribution in [0.5, 0.6) is 0 Å². The predicted octanol–water partition coefficient (Wildman–Crippen LogP) is 23.6. The Kier molecular flexibility index (Phi) is 70.6. The van der Waals surface area contributed by atoms with E-state index in [1.165, 1.54) is 231 Å². The molecule has 0 aromatic carbocycles. The van der Waals surface area contributed by atoms with Crippen LogP contribution in [-0.4, -0.2) is 96.7 Å². The quantitative estimate of drug-likeness (QED) is 0.0222. The highest BCUT2D eigenvalue weighted by Gasteiger charge is 2.30. The molecule has 0 radical (unpaired) electrons. The highest BCUT2D eigenvalue weighted by Crippen LogP contribution is 2.45. The van der Waals surface area contributed by atoms with Crippen LogP contribution >= 0.6 is 15.6 Å². The Morgan fingerprint density at radius 3 is 0.694 bits per heavy atom. The molecule has 0 aliphatic carbocycles. The molecule has 0 bridgehead atoms. The average molecular weight is 1440 g/mol. The van der Waals surface area contributed by atoms with Gasteiger partial charge in [0.1, 0.15) is 19.3 Å². The predicted molar refractivity (Wildman–Crippen MR) is 400 cm³/mol. The average Bonchev–Trinajstić information content (AvgIpc) is 1.01. The Morgan fingerprint density at radius 1 is 0.276 bits per heavy atom. The van der Waals surface area contributed by atoms with Crippen LogP contribution in [0.4, 0.5) is 0 Å². The lowest BCUT2D eigenvalue weighted by Gasteiger charge is -2.21. The summed E-state index contributed by atoms with van der Waals surface area (Å²) in [6.07, 6.45) is 62.5. The third-order valence-corrected chi connectivity index (χ3v) is 20.4. The summed E-state index contributed by atoms with van der Waals surface area (Å²) in [5.74, 6) is -1.30. The van der Waals surface area contributed by atoms with Gasteiger partial charge in [-0.3, -0.25) is 37.3 Å². The van der Waals surface area contributed by atoms with Crippen LogP contribution in [0.2, 0.25) is 0 Å². The molecule has 3 N–H and O–H groups in total. The van der Waals surface area contributed by atoms with Crippen LogP contribution in [0.1, 0.15) is 420 Å². The molecule has 0 aromatic rings. The number of hydrogen-bond acceptors (Lipinski definition) is 15. The Balaban J connectivity index is 5.18. The van der Waals surface area contributed by atoms with Crippen molar-refractivity contribution in [3.8, 4) is 0 Å². The minimum Gasteiger partial charge on any atom is -0.462 e. The van der Waals surface area contributed by atoms with Crippen LogP contribution in [0.25, 0.3) is 0 Å². The van der Waals surface area contributed by atoms with Crippen LogP contribution in [0.3, 0.4) is 0 Å². The molecule has 0 rings (SSSR count). The zero-order chi connectivity index (χ0) is 71.9. The fraction of sp³-hybridized carbons (Fsp3) is 0.949. The van der Waals surface area contributed by atoms with Crippen molar-refractivity contribution in [2.75, 3.05) is 39.6 Å². The van der Waals surface area contributed by atoms with E-state index in [2.05, 4.69) is 34.6 Å². The number of carbonyl (C=O) groups is 4. The summed E-state index contributed by atoms with van der Waals surface area (Å²) in [4.78, 5) is 72.8. The maximum absolute atomic E-state index is 13.1. The largest absolute Gasteiger partial charge is 0.472 e. The Hall–Kier alpha value is -1.94.